The molecule has 28 heavy (non-hydrogen) atoms. The van der Waals surface area contributed by atoms with E-state index in [-0.39, 0.29) is 12.2 Å². The summed E-state index contributed by atoms with van der Waals surface area (Å²) in [6, 6.07) is 12.9. The molecule has 0 aromatic heterocycles. The monoisotopic (exact) mass is 381 g/mol. The molecule has 1 fully saturated rings. The van der Waals surface area contributed by atoms with Crippen LogP contribution in [0.2, 0.25) is 0 Å². The summed E-state index contributed by atoms with van der Waals surface area (Å²) in [7, 11) is 5.98. The van der Waals surface area contributed by atoms with E-state index < -0.39 is 0 Å². The first kappa shape index (κ1) is 19.9. The van der Waals surface area contributed by atoms with Gasteiger partial charge in [-0.1, -0.05) is 12.1 Å². The molecule has 1 aliphatic carbocycles. The molecule has 1 heterocycles. The van der Waals surface area contributed by atoms with Gasteiger partial charge in [-0.2, -0.15) is 0 Å². The van der Waals surface area contributed by atoms with Gasteiger partial charge in [0.15, 0.2) is 0 Å². The SMILES string of the molecule is CC=O.CNCC1CN(c2ccc3c(c2)Cc2cc(N(C)C)ccc2-3)C(=O)O1. The van der Waals surface area contributed by atoms with Crippen molar-refractivity contribution in [3.63, 3.8) is 0 Å². The van der Waals surface area contributed by atoms with Gasteiger partial charge in [0.25, 0.3) is 0 Å². The molecule has 1 atom stereocenters. The number of hydrogen-bond donors (Lipinski definition) is 1. The molecule has 2 aliphatic rings. The molecule has 1 aliphatic heterocycles. The highest BCUT2D eigenvalue weighted by atomic mass is 16.6. The fraction of sp³-hybridized carbons (Fsp3) is 0.364. The van der Waals surface area contributed by atoms with Gasteiger partial charge in [-0.25, -0.2) is 4.79 Å². The third kappa shape index (κ3) is 3.87. The van der Waals surface area contributed by atoms with Gasteiger partial charge in [0.1, 0.15) is 12.4 Å². The Bertz CT molecular complexity index is 879. The number of nitrogens with zero attached hydrogens (tertiary/aromatic N) is 2. The number of rotatable bonds is 4. The van der Waals surface area contributed by atoms with E-state index in [4.69, 9.17) is 9.53 Å². The number of aldehydes is 1. The highest BCUT2D eigenvalue weighted by Gasteiger charge is 2.32. The molecule has 0 saturated carbocycles. The maximum Gasteiger partial charge on any atom is 0.414 e. The second-order valence-corrected chi connectivity index (χ2v) is 7.16. The summed E-state index contributed by atoms with van der Waals surface area (Å²) in [4.78, 5) is 24.8. The van der Waals surface area contributed by atoms with Crippen molar-refractivity contribution in [3.05, 3.63) is 47.5 Å². The molecule has 148 valence electrons. The van der Waals surface area contributed by atoms with Crippen LogP contribution in [0, 0.1) is 0 Å². The van der Waals surface area contributed by atoms with Gasteiger partial charge in [0.2, 0.25) is 0 Å². The van der Waals surface area contributed by atoms with Crippen LogP contribution >= 0.6 is 0 Å². The largest absolute Gasteiger partial charge is 0.443 e. The van der Waals surface area contributed by atoms with E-state index in [1.807, 2.05) is 13.1 Å². The molecule has 2 aromatic rings. The molecular weight excluding hydrogens is 354 g/mol. The minimum absolute atomic E-state index is 0.0920. The third-order valence-electron chi connectivity index (χ3n) is 4.98. The predicted octanol–water partition coefficient (Wildman–Crippen LogP) is 3.07. The van der Waals surface area contributed by atoms with Gasteiger partial charge in [-0.05, 0) is 66.9 Å². The van der Waals surface area contributed by atoms with E-state index in [0.29, 0.717) is 13.1 Å². The van der Waals surface area contributed by atoms with Crippen molar-refractivity contribution in [1.29, 1.82) is 0 Å². The van der Waals surface area contributed by atoms with Crippen LogP contribution < -0.4 is 15.1 Å². The maximum atomic E-state index is 12.2. The fourth-order valence-electron chi connectivity index (χ4n) is 3.70. The molecule has 0 bridgehead atoms. The summed E-state index contributed by atoms with van der Waals surface area (Å²) >= 11 is 0. The zero-order chi connectivity index (χ0) is 20.3. The number of benzene rings is 2. The smallest absolute Gasteiger partial charge is 0.414 e. The molecule has 1 amide bonds. The molecule has 1 N–H and O–H groups in total. The van der Waals surface area contributed by atoms with Crippen molar-refractivity contribution < 1.29 is 14.3 Å². The number of fused-ring (bicyclic) bond motifs is 3. The van der Waals surface area contributed by atoms with Gasteiger partial charge in [0.05, 0.1) is 6.54 Å². The summed E-state index contributed by atoms with van der Waals surface area (Å²) in [5.41, 5.74) is 7.31. The van der Waals surface area contributed by atoms with Gasteiger partial charge in [-0.3, -0.25) is 4.90 Å². The second kappa shape index (κ2) is 8.44. The van der Waals surface area contributed by atoms with E-state index >= 15 is 0 Å². The van der Waals surface area contributed by atoms with Crippen molar-refractivity contribution in [2.24, 2.45) is 0 Å². The van der Waals surface area contributed by atoms with Crippen LogP contribution in [0.15, 0.2) is 36.4 Å². The van der Waals surface area contributed by atoms with Crippen LogP contribution in [0.25, 0.3) is 11.1 Å². The van der Waals surface area contributed by atoms with E-state index in [1.54, 1.807) is 4.90 Å². The number of ether oxygens (including phenoxy) is 1. The summed E-state index contributed by atoms with van der Waals surface area (Å²) in [6.07, 6.45) is 1.31. The van der Waals surface area contributed by atoms with Crippen LogP contribution in [-0.2, 0) is 16.0 Å². The van der Waals surface area contributed by atoms with E-state index in [1.165, 1.54) is 34.9 Å². The number of anilines is 2. The van der Waals surface area contributed by atoms with Crippen molar-refractivity contribution in [2.45, 2.75) is 19.4 Å². The average molecular weight is 381 g/mol. The highest BCUT2D eigenvalue weighted by Crippen LogP contribution is 2.40. The van der Waals surface area contributed by atoms with Gasteiger partial charge in [-0.15, -0.1) is 0 Å². The summed E-state index contributed by atoms with van der Waals surface area (Å²) in [6.45, 7) is 2.71. The lowest BCUT2D eigenvalue weighted by molar-refractivity contribution is -0.106. The van der Waals surface area contributed by atoms with E-state index in [2.05, 4.69) is 54.6 Å². The molecular formula is C22H27N3O3. The Morgan fingerprint density at radius 1 is 1.18 bits per heavy atom. The summed E-state index contributed by atoms with van der Waals surface area (Å²) < 4.78 is 5.41. The number of carbonyl (C=O) groups is 2. The zero-order valence-electron chi connectivity index (χ0n) is 16.9. The Kier molecular flexibility index (Phi) is 5.99. The van der Waals surface area contributed by atoms with Gasteiger partial charge in [0, 0.05) is 32.0 Å². The van der Waals surface area contributed by atoms with Crippen LogP contribution in [-0.4, -0.2) is 52.7 Å². The minimum Gasteiger partial charge on any atom is -0.443 e. The topological polar surface area (TPSA) is 61.9 Å². The lowest BCUT2D eigenvalue weighted by atomic mass is 10.0. The average Bonchev–Trinajstić information content (AvgIpc) is 3.21. The Morgan fingerprint density at radius 3 is 2.46 bits per heavy atom. The van der Waals surface area contributed by atoms with Crippen LogP contribution in [0.4, 0.5) is 16.2 Å². The zero-order valence-corrected chi connectivity index (χ0v) is 16.9. The first-order chi connectivity index (χ1) is 13.5. The van der Waals surface area contributed by atoms with E-state index in [9.17, 15) is 4.79 Å². The number of amides is 1. The molecule has 0 spiro atoms. The Balaban J connectivity index is 0.000000706. The van der Waals surface area contributed by atoms with Gasteiger partial charge < -0.3 is 19.7 Å². The summed E-state index contributed by atoms with van der Waals surface area (Å²) in [5, 5.41) is 3.06. The lowest BCUT2D eigenvalue weighted by Crippen LogP contribution is -2.29. The second-order valence-electron chi connectivity index (χ2n) is 7.16. The van der Waals surface area contributed by atoms with Crippen molar-refractivity contribution in [2.75, 3.05) is 44.0 Å². The quantitative estimate of drug-likeness (QED) is 0.704. The number of nitrogens with one attached hydrogen (secondary N) is 1. The Hall–Kier alpha value is -2.86. The lowest BCUT2D eigenvalue weighted by Gasteiger charge is -2.14. The standard InChI is InChI=1S/C20H23N3O2.C2H4O/c1-21-11-17-12-23(20(24)25-17)16-5-7-19-14(10-16)8-13-9-15(22(2)3)4-6-18(13)19;1-2-3/h4-7,9-10,17,21H,8,11-12H2,1-3H3;2H,1H3. The molecule has 4 rings (SSSR count). The Labute approximate surface area is 166 Å². The maximum absolute atomic E-state index is 12.2. The van der Waals surface area contributed by atoms with E-state index in [0.717, 1.165) is 18.4 Å². The summed E-state index contributed by atoms with van der Waals surface area (Å²) in [5.74, 6) is 0. The molecule has 6 nitrogen and oxygen atoms in total. The predicted molar refractivity (Wildman–Crippen MR) is 112 cm³/mol. The number of likely N-dealkylation sites (N-methyl/N-ethyl adjacent to an activating group) is 1. The normalized spacial score (nSPS) is 16.6. The van der Waals surface area contributed by atoms with Crippen LogP contribution in [0.5, 0.6) is 0 Å². The number of cyclic esters (lactones) is 1. The first-order valence-electron chi connectivity index (χ1n) is 9.44. The number of carbonyl (C=O) groups excluding carboxylic acids is 2. The third-order valence-corrected chi connectivity index (χ3v) is 4.98. The Morgan fingerprint density at radius 2 is 1.82 bits per heavy atom. The van der Waals surface area contributed by atoms with Crippen molar-refractivity contribution in [3.8, 4) is 11.1 Å². The van der Waals surface area contributed by atoms with Crippen molar-refractivity contribution in [1.82, 2.24) is 5.32 Å². The van der Waals surface area contributed by atoms with Crippen molar-refractivity contribution >= 4 is 23.8 Å². The highest BCUT2D eigenvalue weighted by molar-refractivity contribution is 5.91. The fourth-order valence-corrected chi connectivity index (χ4v) is 3.70. The van der Waals surface area contributed by atoms with Gasteiger partial charge >= 0.3 is 6.09 Å². The van der Waals surface area contributed by atoms with Crippen LogP contribution in [0.3, 0.4) is 0 Å². The number of hydrogen-bond acceptors (Lipinski definition) is 5. The first-order valence-corrected chi connectivity index (χ1v) is 9.44. The minimum atomic E-state index is -0.259. The van der Waals surface area contributed by atoms with Crippen LogP contribution in [0.1, 0.15) is 18.1 Å². The molecule has 1 saturated heterocycles. The molecule has 2 aromatic carbocycles. The molecule has 0 radical (unpaired) electrons. The molecule has 1 unspecified atom stereocenters. The molecule has 6 heteroatoms.